The number of aliphatic hydroxyl groups excluding tert-OH is 1. The third-order valence-electron chi connectivity index (χ3n) is 2.07. The van der Waals surface area contributed by atoms with Crippen molar-refractivity contribution in [2.24, 2.45) is 0 Å². The number of hydrogen-bond donors (Lipinski definition) is 1. The summed E-state index contributed by atoms with van der Waals surface area (Å²) in [6.07, 6.45) is 1.99. The molecule has 76 valence electrons. The van der Waals surface area contributed by atoms with E-state index >= 15 is 0 Å². The Kier molecular flexibility index (Phi) is 3.72. The lowest BCUT2D eigenvalue weighted by atomic mass is 10.1. The average Bonchev–Trinajstić information content (AvgIpc) is 2.18. The summed E-state index contributed by atoms with van der Waals surface area (Å²) in [5, 5.41) is 8.86. The van der Waals surface area contributed by atoms with Crippen molar-refractivity contribution in [3.05, 3.63) is 35.4 Å². The Morgan fingerprint density at radius 2 is 1.86 bits per heavy atom. The van der Waals surface area contributed by atoms with Crippen molar-refractivity contribution in [2.75, 3.05) is 25.6 Å². The molecule has 0 atom stereocenters. The summed E-state index contributed by atoms with van der Waals surface area (Å²) < 4.78 is 0. The summed E-state index contributed by atoms with van der Waals surface area (Å²) in [4.78, 5) is 2.06. The molecule has 1 rings (SSSR count). The molecule has 0 unspecified atom stereocenters. The first kappa shape index (κ1) is 10.8. The summed E-state index contributed by atoms with van der Waals surface area (Å²) in [7, 11) is 4.04. The minimum absolute atomic E-state index is 0.120. The Hall–Kier alpha value is -1.28. The van der Waals surface area contributed by atoms with Gasteiger partial charge in [0, 0.05) is 19.8 Å². The van der Waals surface area contributed by atoms with E-state index < -0.39 is 0 Å². The van der Waals surface area contributed by atoms with E-state index in [1.807, 2.05) is 27.1 Å². The maximum Gasteiger partial charge on any atom is 0.0642 e. The van der Waals surface area contributed by atoms with Crippen molar-refractivity contribution in [2.45, 2.75) is 6.92 Å². The smallest absolute Gasteiger partial charge is 0.0642 e. The molecule has 0 amide bonds. The molecule has 14 heavy (non-hydrogen) atoms. The van der Waals surface area contributed by atoms with Gasteiger partial charge in [0.15, 0.2) is 0 Å². The third kappa shape index (κ3) is 2.89. The topological polar surface area (TPSA) is 23.5 Å². The highest BCUT2D eigenvalue weighted by Crippen LogP contribution is 2.14. The molecule has 0 fully saturated rings. The van der Waals surface area contributed by atoms with Crippen LogP contribution in [0, 0.1) is 0 Å². The monoisotopic (exact) mass is 191 g/mol. The zero-order chi connectivity index (χ0) is 10.6. The first-order chi connectivity index (χ1) is 6.63. The summed E-state index contributed by atoms with van der Waals surface area (Å²) in [5.74, 6) is 0. The van der Waals surface area contributed by atoms with Crippen LogP contribution >= 0.6 is 0 Å². The van der Waals surface area contributed by atoms with E-state index in [1.54, 1.807) is 0 Å². The second kappa shape index (κ2) is 4.82. The van der Waals surface area contributed by atoms with Crippen LogP contribution in [0.15, 0.2) is 29.8 Å². The fraction of sp³-hybridized carbons (Fsp3) is 0.333. The van der Waals surface area contributed by atoms with Gasteiger partial charge in [-0.05, 0) is 30.2 Å². The standard InChI is InChI=1S/C12H17NO/c1-10(9-14)8-11-4-6-12(7-5-11)13(2)3/h4-8,14H,9H2,1-3H3. The molecule has 1 aromatic rings. The fourth-order valence-corrected chi connectivity index (χ4v) is 1.20. The second-order valence-electron chi connectivity index (χ2n) is 3.63. The second-order valence-corrected chi connectivity index (χ2v) is 3.63. The maximum absolute atomic E-state index is 8.86. The summed E-state index contributed by atoms with van der Waals surface area (Å²) in [6, 6.07) is 8.23. The molecule has 2 heteroatoms. The van der Waals surface area contributed by atoms with Crippen LogP contribution in [0.5, 0.6) is 0 Å². The first-order valence-electron chi connectivity index (χ1n) is 4.69. The average molecular weight is 191 g/mol. The maximum atomic E-state index is 8.86. The van der Waals surface area contributed by atoms with Crippen LogP contribution in [-0.4, -0.2) is 25.8 Å². The number of benzene rings is 1. The SMILES string of the molecule is CC(=Cc1ccc(N(C)C)cc1)CO. The van der Waals surface area contributed by atoms with Gasteiger partial charge in [-0.3, -0.25) is 0 Å². The molecule has 2 nitrogen and oxygen atoms in total. The number of rotatable bonds is 3. The molecule has 0 spiro atoms. The normalized spacial score (nSPS) is 11.6. The molecular formula is C12H17NO. The Bertz CT molecular complexity index is 312. The van der Waals surface area contributed by atoms with E-state index in [4.69, 9.17) is 5.11 Å². The fourth-order valence-electron chi connectivity index (χ4n) is 1.20. The van der Waals surface area contributed by atoms with Crippen molar-refractivity contribution >= 4 is 11.8 Å². The molecule has 1 N–H and O–H groups in total. The summed E-state index contributed by atoms with van der Waals surface area (Å²) >= 11 is 0. The van der Waals surface area contributed by atoms with Gasteiger partial charge in [-0.1, -0.05) is 18.2 Å². The van der Waals surface area contributed by atoms with Gasteiger partial charge in [-0.15, -0.1) is 0 Å². The molecule has 0 saturated heterocycles. The largest absolute Gasteiger partial charge is 0.392 e. The Balaban J connectivity index is 2.84. The molecule has 0 saturated carbocycles. The number of hydrogen-bond acceptors (Lipinski definition) is 2. The molecule has 0 bridgehead atoms. The number of nitrogens with zero attached hydrogens (tertiary/aromatic N) is 1. The van der Waals surface area contributed by atoms with Crippen molar-refractivity contribution in [3.8, 4) is 0 Å². The van der Waals surface area contributed by atoms with Crippen LogP contribution in [0.3, 0.4) is 0 Å². The van der Waals surface area contributed by atoms with Gasteiger partial charge in [0.05, 0.1) is 6.61 Å². The molecule has 0 aliphatic rings. The zero-order valence-corrected chi connectivity index (χ0v) is 8.99. The van der Waals surface area contributed by atoms with Gasteiger partial charge < -0.3 is 10.0 Å². The van der Waals surface area contributed by atoms with Crippen LogP contribution < -0.4 is 4.90 Å². The van der Waals surface area contributed by atoms with Crippen LogP contribution in [-0.2, 0) is 0 Å². The van der Waals surface area contributed by atoms with E-state index in [0.717, 1.165) is 11.1 Å². The van der Waals surface area contributed by atoms with Crippen molar-refractivity contribution in [1.82, 2.24) is 0 Å². The summed E-state index contributed by atoms with van der Waals surface area (Å²) in [6.45, 7) is 2.04. The highest BCUT2D eigenvalue weighted by Gasteiger charge is 1.94. The molecule has 0 aromatic heterocycles. The molecule has 0 aliphatic heterocycles. The highest BCUT2D eigenvalue weighted by molar-refractivity contribution is 5.57. The van der Waals surface area contributed by atoms with E-state index in [0.29, 0.717) is 0 Å². The predicted molar refractivity (Wildman–Crippen MR) is 61.5 cm³/mol. The molecule has 0 radical (unpaired) electrons. The molecule has 0 aliphatic carbocycles. The van der Waals surface area contributed by atoms with Crippen molar-refractivity contribution in [1.29, 1.82) is 0 Å². The minimum atomic E-state index is 0.120. The first-order valence-corrected chi connectivity index (χ1v) is 4.69. The van der Waals surface area contributed by atoms with Gasteiger partial charge in [0.1, 0.15) is 0 Å². The number of aliphatic hydroxyl groups is 1. The molecule has 1 aromatic carbocycles. The molecular weight excluding hydrogens is 174 g/mol. The highest BCUT2D eigenvalue weighted by atomic mass is 16.3. The van der Waals surface area contributed by atoms with E-state index in [2.05, 4.69) is 29.2 Å². The minimum Gasteiger partial charge on any atom is -0.392 e. The summed E-state index contributed by atoms with van der Waals surface area (Å²) in [5.41, 5.74) is 3.29. The van der Waals surface area contributed by atoms with Crippen molar-refractivity contribution in [3.63, 3.8) is 0 Å². The van der Waals surface area contributed by atoms with Crippen LogP contribution in [0.1, 0.15) is 12.5 Å². The zero-order valence-electron chi connectivity index (χ0n) is 8.99. The van der Waals surface area contributed by atoms with Gasteiger partial charge in [-0.25, -0.2) is 0 Å². The van der Waals surface area contributed by atoms with Gasteiger partial charge in [0.2, 0.25) is 0 Å². The lowest BCUT2D eigenvalue weighted by molar-refractivity contribution is 0.332. The van der Waals surface area contributed by atoms with E-state index in [1.165, 1.54) is 5.69 Å². The Morgan fingerprint density at radius 1 is 1.29 bits per heavy atom. The van der Waals surface area contributed by atoms with E-state index in [9.17, 15) is 0 Å². The van der Waals surface area contributed by atoms with Crippen LogP contribution in [0.2, 0.25) is 0 Å². The molecule has 0 heterocycles. The lowest BCUT2D eigenvalue weighted by Gasteiger charge is -2.11. The van der Waals surface area contributed by atoms with E-state index in [-0.39, 0.29) is 6.61 Å². The number of anilines is 1. The van der Waals surface area contributed by atoms with Crippen molar-refractivity contribution < 1.29 is 5.11 Å². The van der Waals surface area contributed by atoms with Gasteiger partial charge in [0.25, 0.3) is 0 Å². The van der Waals surface area contributed by atoms with Gasteiger partial charge in [-0.2, -0.15) is 0 Å². The van der Waals surface area contributed by atoms with Crippen LogP contribution in [0.25, 0.3) is 6.08 Å². The Morgan fingerprint density at radius 3 is 2.29 bits per heavy atom. The lowest BCUT2D eigenvalue weighted by Crippen LogP contribution is -2.07. The van der Waals surface area contributed by atoms with Crippen LogP contribution in [0.4, 0.5) is 5.69 Å². The predicted octanol–water partition coefficient (Wildman–Crippen LogP) is 2.15. The quantitative estimate of drug-likeness (QED) is 0.791. The Labute approximate surface area is 85.5 Å². The third-order valence-corrected chi connectivity index (χ3v) is 2.07. The van der Waals surface area contributed by atoms with Gasteiger partial charge >= 0.3 is 0 Å².